The lowest BCUT2D eigenvalue weighted by molar-refractivity contribution is 0.133. The third-order valence-corrected chi connectivity index (χ3v) is 5.42. The van der Waals surface area contributed by atoms with Gasteiger partial charge in [0.2, 0.25) is 10.0 Å². The number of aryl methyl sites for hydroxylation is 1. The lowest BCUT2D eigenvalue weighted by atomic mass is 10.0. The first-order valence-corrected chi connectivity index (χ1v) is 7.80. The summed E-state index contributed by atoms with van der Waals surface area (Å²) in [6.45, 7) is 4.34. The summed E-state index contributed by atoms with van der Waals surface area (Å²) in [6.07, 6.45) is 0.209. The normalized spacial score (nSPS) is 22.6. The van der Waals surface area contributed by atoms with Crippen molar-refractivity contribution in [1.29, 1.82) is 0 Å². The van der Waals surface area contributed by atoms with Gasteiger partial charge in [0.1, 0.15) is 0 Å². The molecule has 1 saturated heterocycles. The van der Waals surface area contributed by atoms with Crippen LogP contribution in [0.3, 0.4) is 0 Å². The van der Waals surface area contributed by atoms with Gasteiger partial charge in [-0.05, 0) is 49.9 Å². The predicted octanol–water partition coefficient (Wildman–Crippen LogP) is 0.969. The SMILES string of the molecule is Cc1cc(N)cc(S(=O)(=O)N2CCC(C(C)O)C2)c1. The van der Waals surface area contributed by atoms with E-state index in [2.05, 4.69) is 0 Å². The van der Waals surface area contributed by atoms with Crippen LogP contribution < -0.4 is 5.73 Å². The van der Waals surface area contributed by atoms with E-state index >= 15 is 0 Å². The predicted molar refractivity (Wildman–Crippen MR) is 74.1 cm³/mol. The highest BCUT2D eigenvalue weighted by molar-refractivity contribution is 7.89. The van der Waals surface area contributed by atoms with Crippen LogP contribution in [0.4, 0.5) is 5.69 Å². The number of hydrogen-bond donors (Lipinski definition) is 2. The highest BCUT2D eigenvalue weighted by Crippen LogP contribution is 2.27. The molecule has 0 amide bonds. The molecule has 1 aliphatic rings. The van der Waals surface area contributed by atoms with Crippen LogP contribution in [-0.4, -0.2) is 37.0 Å². The molecule has 1 aliphatic heterocycles. The van der Waals surface area contributed by atoms with Crippen molar-refractivity contribution < 1.29 is 13.5 Å². The largest absolute Gasteiger partial charge is 0.399 e. The number of benzene rings is 1. The molecule has 19 heavy (non-hydrogen) atoms. The van der Waals surface area contributed by atoms with Crippen molar-refractivity contribution >= 4 is 15.7 Å². The molecule has 2 atom stereocenters. The lowest BCUT2D eigenvalue weighted by Gasteiger charge is -2.18. The molecule has 5 nitrogen and oxygen atoms in total. The Morgan fingerprint density at radius 2 is 2.11 bits per heavy atom. The molecule has 0 radical (unpaired) electrons. The molecule has 0 bridgehead atoms. The molecule has 2 rings (SSSR count). The minimum atomic E-state index is -3.51. The first-order valence-electron chi connectivity index (χ1n) is 6.36. The van der Waals surface area contributed by atoms with Crippen LogP contribution in [0.2, 0.25) is 0 Å². The van der Waals surface area contributed by atoms with Crippen molar-refractivity contribution in [3.63, 3.8) is 0 Å². The summed E-state index contributed by atoms with van der Waals surface area (Å²) in [4.78, 5) is 0.233. The van der Waals surface area contributed by atoms with Crippen molar-refractivity contribution in [2.75, 3.05) is 18.8 Å². The van der Waals surface area contributed by atoms with E-state index in [-0.39, 0.29) is 10.8 Å². The Balaban J connectivity index is 2.28. The second-order valence-corrected chi connectivity index (χ2v) is 7.17. The van der Waals surface area contributed by atoms with Crippen LogP contribution in [0, 0.1) is 12.8 Å². The summed E-state index contributed by atoms with van der Waals surface area (Å²) in [7, 11) is -3.51. The van der Waals surface area contributed by atoms with Gasteiger partial charge in [-0.15, -0.1) is 0 Å². The molecular weight excluding hydrogens is 264 g/mol. The van der Waals surface area contributed by atoms with Crippen LogP contribution in [0.1, 0.15) is 18.9 Å². The van der Waals surface area contributed by atoms with Gasteiger partial charge in [0.25, 0.3) is 0 Å². The Labute approximate surface area is 114 Å². The van der Waals surface area contributed by atoms with Crippen LogP contribution >= 0.6 is 0 Å². The summed E-state index contributed by atoms with van der Waals surface area (Å²) in [5, 5.41) is 9.55. The first kappa shape index (κ1) is 14.3. The zero-order valence-corrected chi connectivity index (χ0v) is 12.0. The lowest BCUT2D eigenvalue weighted by Crippen LogP contribution is -2.30. The van der Waals surface area contributed by atoms with E-state index in [1.807, 2.05) is 6.92 Å². The Morgan fingerprint density at radius 1 is 1.42 bits per heavy atom. The summed E-state index contributed by atoms with van der Waals surface area (Å²) in [5.41, 5.74) is 6.98. The fraction of sp³-hybridized carbons (Fsp3) is 0.538. The van der Waals surface area contributed by atoms with E-state index in [9.17, 15) is 13.5 Å². The summed E-state index contributed by atoms with van der Waals surface area (Å²) >= 11 is 0. The highest BCUT2D eigenvalue weighted by atomic mass is 32.2. The standard InChI is InChI=1S/C13H20N2O3S/c1-9-5-12(14)7-13(6-9)19(17,18)15-4-3-11(8-15)10(2)16/h5-7,10-11,16H,3-4,8,14H2,1-2H3. The summed E-state index contributed by atoms with van der Waals surface area (Å²) in [5.74, 6) is 0.0110. The molecule has 6 heteroatoms. The number of nitrogens with zero attached hydrogens (tertiary/aromatic N) is 1. The fourth-order valence-electron chi connectivity index (χ4n) is 2.44. The smallest absolute Gasteiger partial charge is 0.243 e. The summed E-state index contributed by atoms with van der Waals surface area (Å²) in [6, 6.07) is 4.85. The topological polar surface area (TPSA) is 83.6 Å². The number of aliphatic hydroxyl groups excluding tert-OH is 1. The quantitative estimate of drug-likeness (QED) is 0.810. The molecule has 0 aromatic heterocycles. The summed E-state index contributed by atoms with van der Waals surface area (Å²) < 4.78 is 26.4. The number of rotatable bonds is 3. The first-order chi connectivity index (χ1) is 8.80. The molecule has 1 fully saturated rings. The van der Waals surface area contributed by atoms with E-state index in [4.69, 9.17) is 5.73 Å². The van der Waals surface area contributed by atoms with Gasteiger partial charge in [-0.3, -0.25) is 0 Å². The molecule has 0 aliphatic carbocycles. The number of anilines is 1. The fourth-order valence-corrected chi connectivity index (χ4v) is 4.09. The highest BCUT2D eigenvalue weighted by Gasteiger charge is 2.34. The van der Waals surface area contributed by atoms with Gasteiger partial charge in [-0.2, -0.15) is 4.31 Å². The van der Waals surface area contributed by atoms with Gasteiger partial charge < -0.3 is 10.8 Å². The molecule has 0 spiro atoms. The van der Waals surface area contributed by atoms with Crippen molar-refractivity contribution in [2.45, 2.75) is 31.3 Å². The van der Waals surface area contributed by atoms with Crippen molar-refractivity contribution in [3.05, 3.63) is 23.8 Å². The Morgan fingerprint density at radius 3 is 2.63 bits per heavy atom. The maximum atomic E-state index is 12.5. The molecule has 3 N–H and O–H groups in total. The van der Waals surface area contributed by atoms with Gasteiger partial charge in [0, 0.05) is 18.8 Å². The zero-order chi connectivity index (χ0) is 14.2. The molecule has 2 unspecified atom stereocenters. The maximum absolute atomic E-state index is 12.5. The van der Waals surface area contributed by atoms with Crippen LogP contribution in [0.5, 0.6) is 0 Å². The minimum Gasteiger partial charge on any atom is -0.399 e. The van der Waals surface area contributed by atoms with E-state index in [0.717, 1.165) is 5.56 Å². The number of nitrogen functional groups attached to an aromatic ring is 1. The number of nitrogens with two attached hydrogens (primary N) is 1. The van der Waals surface area contributed by atoms with Gasteiger partial charge in [0.05, 0.1) is 11.0 Å². The van der Waals surface area contributed by atoms with Crippen LogP contribution in [-0.2, 0) is 10.0 Å². The number of sulfonamides is 1. The molecule has 0 saturated carbocycles. The minimum absolute atomic E-state index is 0.0110. The van der Waals surface area contributed by atoms with E-state index < -0.39 is 16.1 Å². The Hall–Kier alpha value is -1.11. The average molecular weight is 284 g/mol. The van der Waals surface area contributed by atoms with Crippen molar-refractivity contribution in [2.24, 2.45) is 5.92 Å². The van der Waals surface area contributed by atoms with Crippen molar-refractivity contribution in [3.8, 4) is 0 Å². The van der Waals surface area contributed by atoms with Crippen LogP contribution in [0.25, 0.3) is 0 Å². The van der Waals surface area contributed by atoms with Gasteiger partial charge in [0.15, 0.2) is 0 Å². The number of hydrogen-bond acceptors (Lipinski definition) is 4. The number of aliphatic hydroxyl groups is 1. The monoisotopic (exact) mass is 284 g/mol. The van der Waals surface area contributed by atoms with Gasteiger partial charge >= 0.3 is 0 Å². The van der Waals surface area contributed by atoms with E-state index in [1.165, 1.54) is 10.4 Å². The average Bonchev–Trinajstić information content (AvgIpc) is 2.77. The molecule has 1 aromatic rings. The van der Waals surface area contributed by atoms with E-state index in [0.29, 0.717) is 25.2 Å². The van der Waals surface area contributed by atoms with Crippen LogP contribution in [0.15, 0.2) is 23.1 Å². The Bertz CT molecular complexity index is 549. The maximum Gasteiger partial charge on any atom is 0.243 e. The second-order valence-electron chi connectivity index (χ2n) is 5.23. The van der Waals surface area contributed by atoms with E-state index in [1.54, 1.807) is 19.1 Å². The second kappa shape index (κ2) is 5.11. The Kier molecular flexibility index (Phi) is 3.85. The third kappa shape index (κ3) is 2.91. The van der Waals surface area contributed by atoms with Crippen molar-refractivity contribution in [1.82, 2.24) is 4.31 Å². The molecular formula is C13H20N2O3S. The third-order valence-electron chi connectivity index (χ3n) is 3.58. The molecule has 106 valence electrons. The molecule has 1 aromatic carbocycles. The molecule has 1 heterocycles. The van der Waals surface area contributed by atoms with Gasteiger partial charge in [-0.25, -0.2) is 8.42 Å². The zero-order valence-electron chi connectivity index (χ0n) is 11.2. The van der Waals surface area contributed by atoms with Gasteiger partial charge in [-0.1, -0.05) is 0 Å².